The van der Waals surface area contributed by atoms with Gasteiger partial charge in [-0.2, -0.15) is 5.10 Å². The van der Waals surface area contributed by atoms with Crippen LogP contribution in [-0.2, 0) is 11.3 Å². The summed E-state index contributed by atoms with van der Waals surface area (Å²) >= 11 is 0. The summed E-state index contributed by atoms with van der Waals surface area (Å²) in [5, 5.41) is 4.30. The van der Waals surface area contributed by atoms with Crippen molar-refractivity contribution in [3.8, 4) is 0 Å². The molecule has 1 atom stereocenters. The molecule has 1 unspecified atom stereocenters. The van der Waals surface area contributed by atoms with Gasteiger partial charge in [0.15, 0.2) is 0 Å². The Morgan fingerprint density at radius 2 is 1.93 bits per heavy atom. The van der Waals surface area contributed by atoms with Crippen molar-refractivity contribution in [2.45, 2.75) is 45.2 Å². The molecule has 0 spiro atoms. The minimum atomic E-state index is 0.0407. The molecule has 1 aromatic heterocycles. The van der Waals surface area contributed by atoms with Crippen LogP contribution in [-0.4, -0.2) is 101 Å². The molecule has 0 aromatic carbocycles. The number of amides is 3. The number of hydrogen-bond acceptors (Lipinski definition) is 4. The quantitative estimate of drug-likeness (QED) is 0.734. The third-order valence-corrected chi connectivity index (χ3v) is 5.76. The summed E-state index contributed by atoms with van der Waals surface area (Å²) in [5.74, 6) is 0.0684. The van der Waals surface area contributed by atoms with Crippen molar-refractivity contribution in [1.29, 1.82) is 0 Å². The predicted molar refractivity (Wildman–Crippen MR) is 108 cm³/mol. The summed E-state index contributed by atoms with van der Waals surface area (Å²) in [5.41, 5.74) is 0.910. The van der Waals surface area contributed by atoms with Crippen LogP contribution in [0.25, 0.3) is 0 Å². The molecule has 2 aliphatic rings. The topological polar surface area (TPSA) is 64.9 Å². The van der Waals surface area contributed by atoms with Crippen LogP contribution in [0.15, 0.2) is 12.3 Å². The molecule has 0 N–H and O–H groups in total. The first-order valence-electron chi connectivity index (χ1n) is 10.4. The zero-order chi connectivity index (χ0) is 20.1. The average Bonchev–Trinajstić information content (AvgIpc) is 3.32. The number of nitrogens with zero attached hydrogens (tertiary/aromatic N) is 6. The van der Waals surface area contributed by atoms with E-state index in [0.29, 0.717) is 13.1 Å². The highest BCUT2D eigenvalue weighted by atomic mass is 16.2. The smallest absolute Gasteiger partial charge is 0.319 e. The van der Waals surface area contributed by atoms with Crippen molar-refractivity contribution >= 4 is 11.9 Å². The van der Waals surface area contributed by atoms with Gasteiger partial charge in [-0.25, -0.2) is 4.79 Å². The molecule has 2 fully saturated rings. The Labute approximate surface area is 168 Å². The number of aromatic nitrogens is 2. The molecule has 3 amide bonds. The van der Waals surface area contributed by atoms with Gasteiger partial charge in [0.05, 0.1) is 11.7 Å². The summed E-state index contributed by atoms with van der Waals surface area (Å²) in [6.45, 7) is 7.38. The number of rotatable bonds is 6. The number of likely N-dealkylation sites (tertiary alicyclic amines) is 2. The number of piperidine rings is 1. The third-order valence-electron chi connectivity index (χ3n) is 5.76. The van der Waals surface area contributed by atoms with Crippen LogP contribution in [0.1, 0.15) is 31.4 Å². The fraction of sp³-hybridized carbons (Fsp3) is 0.750. The second-order valence-electron chi connectivity index (χ2n) is 8.21. The second-order valence-corrected chi connectivity index (χ2v) is 8.21. The van der Waals surface area contributed by atoms with E-state index in [1.807, 2.05) is 29.0 Å². The van der Waals surface area contributed by atoms with Gasteiger partial charge in [-0.15, -0.1) is 0 Å². The molecule has 0 bridgehead atoms. The summed E-state index contributed by atoms with van der Waals surface area (Å²) in [6.07, 6.45) is 6.48. The Morgan fingerprint density at radius 1 is 1.18 bits per heavy atom. The first kappa shape index (κ1) is 20.6. The molecule has 0 saturated carbocycles. The molecule has 2 aliphatic heterocycles. The largest absolute Gasteiger partial charge is 0.339 e. The fourth-order valence-corrected chi connectivity index (χ4v) is 4.14. The molecule has 1 aromatic rings. The lowest BCUT2D eigenvalue weighted by Crippen LogP contribution is -2.50. The highest BCUT2D eigenvalue weighted by Gasteiger charge is 2.33. The van der Waals surface area contributed by atoms with E-state index in [2.05, 4.69) is 10.00 Å². The minimum Gasteiger partial charge on any atom is -0.339 e. The molecule has 28 heavy (non-hydrogen) atoms. The van der Waals surface area contributed by atoms with Crippen LogP contribution in [0.2, 0.25) is 0 Å². The average molecular weight is 391 g/mol. The van der Waals surface area contributed by atoms with Crippen LogP contribution in [0.4, 0.5) is 4.79 Å². The van der Waals surface area contributed by atoms with Gasteiger partial charge < -0.3 is 19.6 Å². The van der Waals surface area contributed by atoms with Gasteiger partial charge in [-0.05, 0) is 45.3 Å². The van der Waals surface area contributed by atoms with Crippen LogP contribution < -0.4 is 0 Å². The number of urea groups is 1. The Hall–Kier alpha value is -2.09. The first-order valence-corrected chi connectivity index (χ1v) is 10.4. The lowest BCUT2D eigenvalue weighted by Gasteiger charge is -2.34. The normalized spacial score (nSPS) is 20.4. The zero-order valence-electron chi connectivity index (χ0n) is 17.5. The summed E-state index contributed by atoms with van der Waals surface area (Å²) in [7, 11) is 3.60. The lowest BCUT2D eigenvalue weighted by molar-refractivity contribution is -0.131. The predicted octanol–water partition coefficient (Wildman–Crippen LogP) is 1.26. The summed E-state index contributed by atoms with van der Waals surface area (Å²) in [6, 6.07) is 2.03. The first-order chi connectivity index (χ1) is 13.4. The molecule has 8 nitrogen and oxygen atoms in total. The van der Waals surface area contributed by atoms with Crippen LogP contribution >= 0.6 is 0 Å². The van der Waals surface area contributed by atoms with Gasteiger partial charge >= 0.3 is 6.03 Å². The number of aryl methyl sites for hydroxylation is 1. The molecule has 156 valence electrons. The Kier molecular flexibility index (Phi) is 6.93. The highest BCUT2D eigenvalue weighted by Crippen LogP contribution is 2.18. The fourth-order valence-electron chi connectivity index (χ4n) is 4.14. The van der Waals surface area contributed by atoms with E-state index >= 15 is 0 Å². The van der Waals surface area contributed by atoms with Crippen molar-refractivity contribution in [1.82, 2.24) is 29.4 Å². The molecule has 8 heteroatoms. The molecule has 0 radical (unpaired) electrons. The minimum absolute atomic E-state index is 0.0407. The van der Waals surface area contributed by atoms with Gasteiger partial charge in [0.2, 0.25) is 5.91 Å². The maximum atomic E-state index is 12.8. The van der Waals surface area contributed by atoms with E-state index in [1.54, 1.807) is 23.7 Å². The maximum Gasteiger partial charge on any atom is 0.319 e. The van der Waals surface area contributed by atoms with Crippen molar-refractivity contribution in [2.75, 3.05) is 53.4 Å². The second kappa shape index (κ2) is 9.41. The van der Waals surface area contributed by atoms with E-state index in [1.165, 1.54) is 19.3 Å². The van der Waals surface area contributed by atoms with Gasteiger partial charge in [0, 0.05) is 46.5 Å². The van der Waals surface area contributed by atoms with Gasteiger partial charge in [-0.1, -0.05) is 6.42 Å². The Morgan fingerprint density at radius 3 is 2.57 bits per heavy atom. The summed E-state index contributed by atoms with van der Waals surface area (Å²) in [4.78, 5) is 33.4. The van der Waals surface area contributed by atoms with Crippen molar-refractivity contribution < 1.29 is 9.59 Å². The monoisotopic (exact) mass is 390 g/mol. The molecule has 0 aliphatic carbocycles. The number of carbonyl (C=O) groups excluding carboxylic acids is 2. The van der Waals surface area contributed by atoms with Gasteiger partial charge in [0.1, 0.15) is 6.54 Å². The zero-order valence-corrected chi connectivity index (χ0v) is 17.5. The van der Waals surface area contributed by atoms with Crippen LogP contribution in [0.5, 0.6) is 0 Å². The molecular weight excluding hydrogens is 356 g/mol. The highest BCUT2D eigenvalue weighted by molar-refractivity contribution is 5.77. The standard InChI is InChI=1S/C20H34N6O2/c1-17-7-12-25(21-17)16-19(27)24-11-8-18(15-24)26(20(28)22(2)3)14-13-23-9-5-4-6-10-23/h7,12,18H,4-6,8-11,13-16H2,1-3H3. The SMILES string of the molecule is Cc1ccn(CC(=O)N2CCC(N(CCN3CCCCC3)C(=O)N(C)C)C2)n1. The molecule has 3 rings (SSSR count). The van der Waals surface area contributed by atoms with E-state index in [4.69, 9.17) is 0 Å². The Bertz CT molecular complexity index is 667. The van der Waals surface area contributed by atoms with E-state index < -0.39 is 0 Å². The van der Waals surface area contributed by atoms with Crippen molar-refractivity contribution in [3.63, 3.8) is 0 Å². The molecular formula is C20H34N6O2. The number of carbonyl (C=O) groups is 2. The summed E-state index contributed by atoms with van der Waals surface area (Å²) < 4.78 is 1.68. The van der Waals surface area contributed by atoms with Crippen LogP contribution in [0, 0.1) is 6.92 Å². The molecule has 2 saturated heterocycles. The van der Waals surface area contributed by atoms with Gasteiger partial charge in [-0.3, -0.25) is 9.48 Å². The van der Waals surface area contributed by atoms with E-state index in [0.717, 1.165) is 38.3 Å². The Balaban J connectivity index is 1.57. The number of hydrogen-bond donors (Lipinski definition) is 0. The van der Waals surface area contributed by atoms with Gasteiger partial charge in [0.25, 0.3) is 0 Å². The van der Waals surface area contributed by atoms with E-state index in [9.17, 15) is 9.59 Å². The van der Waals surface area contributed by atoms with Crippen molar-refractivity contribution in [2.24, 2.45) is 0 Å². The lowest BCUT2D eigenvalue weighted by atomic mass is 10.1. The van der Waals surface area contributed by atoms with Crippen molar-refractivity contribution in [3.05, 3.63) is 18.0 Å². The van der Waals surface area contributed by atoms with E-state index in [-0.39, 0.29) is 24.5 Å². The van der Waals surface area contributed by atoms with Crippen LogP contribution in [0.3, 0.4) is 0 Å². The molecule has 3 heterocycles. The maximum absolute atomic E-state index is 12.8. The third kappa shape index (κ3) is 5.25.